The summed E-state index contributed by atoms with van der Waals surface area (Å²) in [5, 5.41) is 11.2. The van der Waals surface area contributed by atoms with E-state index in [1.54, 1.807) is 0 Å². The van der Waals surface area contributed by atoms with E-state index >= 15 is 0 Å². The lowest BCUT2D eigenvalue weighted by Gasteiger charge is -2.48. The van der Waals surface area contributed by atoms with Gasteiger partial charge in [-0.1, -0.05) is 44.9 Å². The monoisotopic (exact) mass is 557 g/mol. The van der Waals surface area contributed by atoms with E-state index in [-0.39, 0.29) is 46.7 Å². The van der Waals surface area contributed by atoms with Crippen LogP contribution in [0.25, 0.3) is 5.65 Å². The molecule has 10 nitrogen and oxygen atoms in total. The fraction of sp³-hybridized carbons (Fsp3) is 0.759. The lowest BCUT2D eigenvalue weighted by atomic mass is 9.76. The fourth-order valence-electron chi connectivity index (χ4n) is 7.11. The first-order valence-electron chi connectivity index (χ1n) is 15.3. The van der Waals surface area contributed by atoms with E-state index in [4.69, 9.17) is 15.2 Å². The van der Waals surface area contributed by atoms with Crippen LogP contribution in [-0.2, 0) is 9.47 Å². The fourth-order valence-corrected chi connectivity index (χ4v) is 7.11. The molecule has 4 aliphatic rings. The maximum absolute atomic E-state index is 13.7. The number of rotatable bonds is 5. The first-order valence-corrected chi connectivity index (χ1v) is 15.3. The predicted octanol–water partition coefficient (Wildman–Crippen LogP) is 3.05. The number of hydrogen-bond donors (Lipinski definition) is 3. The highest BCUT2D eigenvalue weighted by Crippen LogP contribution is 2.35. The number of nitrogen functional groups attached to an aromatic ring is 1. The van der Waals surface area contributed by atoms with Crippen LogP contribution in [0.2, 0.25) is 0 Å². The molecule has 5 heterocycles. The zero-order valence-electron chi connectivity index (χ0n) is 23.5. The van der Waals surface area contributed by atoms with E-state index in [2.05, 4.69) is 25.6 Å². The number of piperidine rings is 2. The Morgan fingerprint density at radius 3 is 2.50 bits per heavy atom. The molecule has 2 aromatic heterocycles. The van der Waals surface area contributed by atoms with Gasteiger partial charge in [0, 0.05) is 25.2 Å². The maximum Gasteiger partial charge on any atom is 0.259 e. The van der Waals surface area contributed by atoms with Crippen molar-refractivity contribution in [2.75, 3.05) is 38.6 Å². The Morgan fingerprint density at radius 2 is 1.82 bits per heavy atom. The van der Waals surface area contributed by atoms with Gasteiger partial charge in [-0.3, -0.25) is 9.69 Å². The third-order valence-electron chi connectivity index (χ3n) is 9.54. The Hall–Kier alpha value is -2.34. The number of halogens is 1. The number of fused-ring (bicyclic) bond motifs is 1. The minimum atomic E-state index is -0.543. The molecule has 2 aromatic rings. The van der Waals surface area contributed by atoms with Crippen molar-refractivity contribution in [1.82, 2.24) is 30.1 Å². The van der Waals surface area contributed by atoms with Crippen molar-refractivity contribution in [3.05, 3.63) is 23.8 Å². The summed E-state index contributed by atoms with van der Waals surface area (Å²) in [4.78, 5) is 20.2. The molecule has 1 amide bonds. The first-order chi connectivity index (χ1) is 19.5. The van der Waals surface area contributed by atoms with E-state index in [0.717, 1.165) is 64.6 Å². The van der Waals surface area contributed by atoms with Crippen molar-refractivity contribution in [3.8, 4) is 0 Å². The van der Waals surface area contributed by atoms with E-state index in [1.807, 2.05) is 0 Å². The lowest BCUT2D eigenvalue weighted by molar-refractivity contribution is -0.111. The maximum atomic E-state index is 13.7. The molecule has 1 aliphatic carbocycles. The van der Waals surface area contributed by atoms with Gasteiger partial charge in [0.25, 0.3) is 5.91 Å². The quantitative estimate of drug-likeness (QED) is 0.513. The number of anilines is 1. The van der Waals surface area contributed by atoms with Crippen LogP contribution in [0, 0.1) is 5.82 Å². The normalized spacial score (nSPS) is 27.4. The summed E-state index contributed by atoms with van der Waals surface area (Å²) >= 11 is 0. The highest BCUT2D eigenvalue weighted by atomic mass is 19.1. The minimum absolute atomic E-state index is 0.0352. The molecule has 1 spiro atoms. The average Bonchev–Trinajstić information content (AvgIpc) is 3.24. The molecule has 1 saturated carbocycles. The van der Waals surface area contributed by atoms with Crippen molar-refractivity contribution in [3.63, 3.8) is 0 Å². The van der Waals surface area contributed by atoms with E-state index in [1.165, 1.54) is 55.7 Å². The van der Waals surface area contributed by atoms with Crippen LogP contribution >= 0.6 is 0 Å². The standard InChI is InChI=1S/C29H44FN7O3/c30-20-15-32-27-25(26(31)35-37(27)17-20)28(38)34-23-16-33-29(10-6-4-2-1-3-5-7-11-29)14-24(23)40-22-8-12-36(13-9-22)21-18-39-19-21/h15,17,21-24,33H,1-14,16,18-19H2,(H2,31,35)(H,34,38). The topological polar surface area (TPSA) is 119 Å². The molecule has 4 fully saturated rings. The molecule has 40 heavy (non-hydrogen) atoms. The van der Waals surface area contributed by atoms with Crippen molar-refractivity contribution in [1.29, 1.82) is 0 Å². The number of ether oxygens (including phenoxy) is 2. The largest absolute Gasteiger partial charge is 0.381 e. The highest BCUT2D eigenvalue weighted by Gasteiger charge is 2.43. The van der Waals surface area contributed by atoms with Crippen LogP contribution in [0.3, 0.4) is 0 Å². The Bertz CT molecular complexity index is 1150. The summed E-state index contributed by atoms with van der Waals surface area (Å²) in [5.74, 6) is -0.861. The zero-order valence-corrected chi connectivity index (χ0v) is 23.5. The second-order valence-electron chi connectivity index (χ2n) is 12.3. The van der Waals surface area contributed by atoms with Gasteiger partial charge in [0.15, 0.2) is 17.3 Å². The van der Waals surface area contributed by atoms with Crippen LogP contribution in [0.4, 0.5) is 10.2 Å². The van der Waals surface area contributed by atoms with Crippen LogP contribution < -0.4 is 16.4 Å². The molecular weight excluding hydrogens is 513 g/mol. The van der Waals surface area contributed by atoms with Gasteiger partial charge in [-0.15, -0.1) is 5.10 Å². The molecule has 0 bridgehead atoms. The molecular formula is C29H44FN7O3. The van der Waals surface area contributed by atoms with E-state index < -0.39 is 5.82 Å². The third-order valence-corrected chi connectivity index (χ3v) is 9.54. The molecule has 0 radical (unpaired) electrons. The second-order valence-corrected chi connectivity index (χ2v) is 12.3. The van der Waals surface area contributed by atoms with Gasteiger partial charge in [-0.2, -0.15) is 0 Å². The summed E-state index contributed by atoms with van der Waals surface area (Å²) < 4.78 is 27.2. The first kappa shape index (κ1) is 27.8. The zero-order chi connectivity index (χ0) is 27.5. The van der Waals surface area contributed by atoms with Crippen molar-refractivity contribution in [2.45, 2.75) is 107 Å². The molecule has 4 N–H and O–H groups in total. The molecule has 11 heteroatoms. The molecule has 2 atom stereocenters. The number of nitrogens with zero attached hydrogens (tertiary/aromatic N) is 4. The molecule has 0 aromatic carbocycles. The Kier molecular flexibility index (Phi) is 8.53. The van der Waals surface area contributed by atoms with Gasteiger partial charge < -0.3 is 25.8 Å². The van der Waals surface area contributed by atoms with Gasteiger partial charge in [0.2, 0.25) is 0 Å². The number of carbonyl (C=O) groups excluding carboxylic acids is 1. The van der Waals surface area contributed by atoms with Gasteiger partial charge in [-0.25, -0.2) is 13.9 Å². The molecule has 6 rings (SSSR count). The van der Waals surface area contributed by atoms with Crippen molar-refractivity contribution >= 4 is 17.4 Å². The van der Waals surface area contributed by atoms with Crippen molar-refractivity contribution < 1.29 is 18.7 Å². The van der Waals surface area contributed by atoms with Crippen molar-refractivity contribution in [2.24, 2.45) is 0 Å². The molecule has 2 unspecified atom stereocenters. The predicted molar refractivity (Wildman–Crippen MR) is 150 cm³/mol. The molecule has 3 saturated heterocycles. The Balaban J connectivity index is 1.18. The minimum Gasteiger partial charge on any atom is -0.381 e. The number of aromatic nitrogens is 3. The van der Waals surface area contributed by atoms with E-state index in [0.29, 0.717) is 12.6 Å². The number of carbonyl (C=O) groups is 1. The summed E-state index contributed by atoms with van der Waals surface area (Å²) in [6, 6.07) is 0.331. The number of likely N-dealkylation sites (tertiary alicyclic amines) is 1. The van der Waals surface area contributed by atoms with Gasteiger partial charge in [-0.05, 0) is 32.1 Å². The number of nitrogens with two attached hydrogens (primary N) is 1. The summed E-state index contributed by atoms with van der Waals surface area (Å²) in [6.07, 6.45) is 16.4. The Labute approximate surface area is 235 Å². The van der Waals surface area contributed by atoms with E-state index in [9.17, 15) is 9.18 Å². The third kappa shape index (κ3) is 6.12. The molecule has 3 aliphatic heterocycles. The summed E-state index contributed by atoms with van der Waals surface area (Å²) in [7, 11) is 0. The summed E-state index contributed by atoms with van der Waals surface area (Å²) in [5.41, 5.74) is 6.56. The van der Waals surface area contributed by atoms with Crippen LogP contribution in [0.15, 0.2) is 12.4 Å². The molecule has 220 valence electrons. The van der Waals surface area contributed by atoms with Gasteiger partial charge in [0.05, 0.1) is 49.9 Å². The van der Waals surface area contributed by atoms with Crippen LogP contribution in [0.1, 0.15) is 87.4 Å². The number of nitrogens with one attached hydrogen (secondary N) is 2. The Morgan fingerprint density at radius 1 is 1.12 bits per heavy atom. The van der Waals surface area contributed by atoms with Crippen LogP contribution in [0.5, 0.6) is 0 Å². The SMILES string of the molecule is Nc1nn2cc(F)cnc2c1C(=O)NC1CNC2(CCCCCCCCC2)CC1OC1CCN(C2COC2)CC1. The number of hydrogen-bond acceptors (Lipinski definition) is 8. The van der Waals surface area contributed by atoms with Gasteiger partial charge >= 0.3 is 0 Å². The van der Waals surface area contributed by atoms with Gasteiger partial charge in [0.1, 0.15) is 5.56 Å². The highest BCUT2D eigenvalue weighted by molar-refractivity contribution is 6.04. The van der Waals surface area contributed by atoms with Crippen LogP contribution in [-0.4, -0.2) is 88.1 Å². The number of amides is 1. The second kappa shape index (κ2) is 12.3. The summed E-state index contributed by atoms with van der Waals surface area (Å²) in [6.45, 7) is 4.35. The smallest absolute Gasteiger partial charge is 0.259 e. The average molecular weight is 558 g/mol. The lowest BCUT2D eigenvalue weighted by Crippen LogP contribution is -2.64.